The number of halogens is 3. The van der Waals surface area contributed by atoms with Crippen LogP contribution < -0.4 is 5.32 Å². The smallest absolute Gasteiger partial charge is 0.444 e. The lowest BCUT2D eigenvalue weighted by Gasteiger charge is -2.40. The van der Waals surface area contributed by atoms with E-state index in [4.69, 9.17) is 9.47 Å². The highest BCUT2D eigenvalue weighted by Gasteiger charge is 2.39. The van der Waals surface area contributed by atoms with Crippen LogP contribution in [0.4, 0.5) is 18.0 Å². The van der Waals surface area contributed by atoms with Crippen molar-refractivity contribution in [2.45, 2.75) is 58.0 Å². The van der Waals surface area contributed by atoms with Crippen molar-refractivity contribution < 1.29 is 32.2 Å². The predicted octanol–water partition coefficient (Wildman–Crippen LogP) is 4.06. The maximum Gasteiger partial charge on any atom is 0.471 e. The molecule has 0 aliphatic carbocycles. The van der Waals surface area contributed by atoms with Gasteiger partial charge in [0.1, 0.15) is 5.60 Å². The van der Waals surface area contributed by atoms with Gasteiger partial charge in [0.05, 0.1) is 6.04 Å². The number of carbonyl (C=O) groups is 2. The monoisotopic (exact) mass is 473 g/mol. The molecule has 2 rings (SSSR count). The van der Waals surface area contributed by atoms with Crippen molar-refractivity contribution in [3.63, 3.8) is 0 Å². The van der Waals surface area contributed by atoms with Gasteiger partial charge in [0, 0.05) is 45.9 Å². The molecule has 1 unspecified atom stereocenters. The van der Waals surface area contributed by atoms with Gasteiger partial charge >= 0.3 is 18.2 Å². The summed E-state index contributed by atoms with van der Waals surface area (Å²) in [5.41, 5.74) is 1.03. The van der Waals surface area contributed by atoms with Crippen LogP contribution in [-0.2, 0) is 14.3 Å². The molecule has 0 saturated carbocycles. The summed E-state index contributed by atoms with van der Waals surface area (Å²) in [6.45, 7) is 9.95. The molecular formula is C23H34F3N3O4. The number of amides is 2. The molecule has 0 spiro atoms. The first kappa shape index (κ1) is 26.9. The summed E-state index contributed by atoms with van der Waals surface area (Å²) >= 11 is 0. The lowest BCUT2D eigenvalue weighted by Crippen LogP contribution is -2.51. The molecule has 1 aromatic rings. The molecule has 1 aliphatic heterocycles. The van der Waals surface area contributed by atoms with Gasteiger partial charge in [-0.15, -0.1) is 0 Å². The summed E-state index contributed by atoms with van der Waals surface area (Å²) in [5.74, 6) is -1.96. The van der Waals surface area contributed by atoms with Crippen molar-refractivity contribution >= 4 is 12.0 Å². The summed E-state index contributed by atoms with van der Waals surface area (Å²) < 4.78 is 48.3. The molecule has 1 heterocycles. The molecule has 186 valence electrons. The van der Waals surface area contributed by atoms with E-state index in [1.807, 2.05) is 38.2 Å². The molecule has 33 heavy (non-hydrogen) atoms. The third kappa shape index (κ3) is 8.19. The van der Waals surface area contributed by atoms with Crippen molar-refractivity contribution in [2.24, 2.45) is 0 Å². The fourth-order valence-corrected chi connectivity index (χ4v) is 3.70. The van der Waals surface area contributed by atoms with E-state index in [1.54, 1.807) is 24.1 Å². The van der Waals surface area contributed by atoms with Crippen LogP contribution in [-0.4, -0.2) is 73.5 Å². The predicted molar refractivity (Wildman–Crippen MR) is 118 cm³/mol. The van der Waals surface area contributed by atoms with Gasteiger partial charge in [0.15, 0.2) is 0 Å². The van der Waals surface area contributed by atoms with Gasteiger partial charge in [-0.25, -0.2) is 4.79 Å². The quantitative estimate of drug-likeness (QED) is 0.647. The van der Waals surface area contributed by atoms with E-state index in [0.717, 1.165) is 12.0 Å². The highest BCUT2D eigenvalue weighted by molar-refractivity contribution is 5.82. The van der Waals surface area contributed by atoms with Crippen molar-refractivity contribution in [2.75, 3.05) is 39.9 Å². The standard InChI is InChI=1S/C23H34F3N3O4/c1-16(27-20(30)23(24,25)26)17-6-8-18(9-7-17)19(10-15-32-5)28-11-13-29(14-12-28)21(31)33-22(2,3)4/h6-9,16,19H,10-15H2,1-5H3,(H,27,30)/t16-,19?/m0/s1. The molecule has 7 nitrogen and oxygen atoms in total. The van der Waals surface area contributed by atoms with Crippen LogP contribution in [0.15, 0.2) is 24.3 Å². The summed E-state index contributed by atoms with van der Waals surface area (Å²) in [6.07, 6.45) is -4.52. The molecule has 0 aromatic heterocycles. The number of nitrogens with one attached hydrogen (secondary N) is 1. The molecule has 1 aromatic carbocycles. The lowest BCUT2D eigenvalue weighted by molar-refractivity contribution is -0.174. The SMILES string of the molecule is COCCC(c1ccc([C@H](C)NC(=O)C(F)(F)F)cc1)N1CCN(C(=O)OC(C)(C)C)CC1. The number of hydrogen-bond acceptors (Lipinski definition) is 5. The van der Waals surface area contributed by atoms with Crippen LogP contribution in [0.2, 0.25) is 0 Å². The normalized spacial score (nSPS) is 17.4. The Morgan fingerprint density at radius 1 is 1.03 bits per heavy atom. The highest BCUT2D eigenvalue weighted by Crippen LogP contribution is 2.28. The summed E-state index contributed by atoms with van der Waals surface area (Å²) in [5, 5.41) is 1.97. The minimum atomic E-state index is -4.92. The van der Waals surface area contributed by atoms with Gasteiger partial charge in [-0.2, -0.15) is 13.2 Å². The zero-order valence-electron chi connectivity index (χ0n) is 19.9. The van der Waals surface area contributed by atoms with E-state index >= 15 is 0 Å². The van der Waals surface area contributed by atoms with Gasteiger partial charge < -0.3 is 19.7 Å². The van der Waals surface area contributed by atoms with Crippen molar-refractivity contribution in [1.82, 2.24) is 15.1 Å². The Hall–Kier alpha value is -2.33. The first-order chi connectivity index (χ1) is 15.3. The molecule has 0 bridgehead atoms. The summed E-state index contributed by atoms with van der Waals surface area (Å²) in [6, 6.07) is 6.45. The minimum Gasteiger partial charge on any atom is -0.444 e. The molecule has 10 heteroatoms. The number of nitrogens with zero attached hydrogens (tertiary/aromatic N) is 2. The van der Waals surface area contributed by atoms with Gasteiger partial charge in [0.25, 0.3) is 0 Å². The minimum absolute atomic E-state index is 0.0276. The van der Waals surface area contributed by atoms with Crippen LogP contribution in [0.25, 0.3) is 0 Å². The maximum absolute atomic E-state index is 12.5. The fraction of sp³-hybridized carbons (Fsp3) is 0.652. The van der Waals surface area contributed by atoms with Crippen LogP contribution >= 0.6 is 0 Å². The van der Waals surface area contributed by atoms with Gasteiger partial charge in [-0.05, 0) is 45.2 Å². The Bertz CT molecular complexity index is 786. The summed E-state index contributed by atoms with van der Waals surface area (Å²) in [7, 11) is 1.63. The lowest BCUT2D eigenvalue weighted by atomic mass is 9.98. The first-order valence-corrected chi connectivity index (χ1v) is 11.0. The van der Waals surface area contributed by atoms with Gasteiger partial charge in [0.2, 0.25) is 0 Å². The van der Waals surface area contributed by atoms with Gasteiger partial charge in [-0.1, -0.05) is 24.3 Å². The number of hydrogen-bond donors (Lipinski definition) is 1. The Kier molecular flexibility index (Phi) is 9.13. The van der Waals surface area contributed by atoms with Crippen LogP contribution in [0, 0.1) is 0 Å². The number of methoxy groups -OCH3 is 1. The van der Waals surface area contributed by atoms with E-state index in [-0.39, 0.29) is 12.1 Å². The van der Waals surface area contributed by atoms with Gasteiger partial charge in [-0.3, -0.25) is 9.69 Å². The average molecular weight is 474 g/mol. The second kappa shape index (κ2) is 11.2. The van der Waals surface area contributed by atoms with Crippen molar-refractivity contribution in [3.8, 4) is 0 Å². The van der Waals surface area contributed by atoms with E-state index in [1.165, 1.54) is 6.92 Å². The second-order valence-electron chi connectivity index (χ2n) is 9.16. The Morgan fingerprint density at radius 2 is 1.58 bits per heavy atom. The Labute approximate surface area is 193 Å². The second-order valence-corrected chi connectivity index (χ2v) is 9.16. The molecule has 1 aliphatic rings. The van der Waals surface area contributed by atoms with E-state index < -0.39 is 23.7 Å². The number of alkyl halides is 3. The highest BCUT2D eigenvalue weighted by atomic mass is 19.4. The summed E-state index contributed by atoms with van der Waals surface area (Å²) in [4.78, 5) is 27.5. The van der Waals surface area contributed by atoms with Crippen molar-refractivity contribution in [3.05, 3.63) is 35.4 Å². The first-order valence-electron chi connectivity index (χ1n) is 11.0. The Morgan fingerprint density at radius 3 is 2.06 bits per heavy atom. The number of rotatable bonds is 7. The molecule has 1 saturated heterocycles. The largest absolute Gasteiger partial charge is 0.471 e. The van der Waals surface area contributed by atoms with E-state index in [0.29, 0.717) is 38.3 Å². The van der Waals surface area contributed by atoms with E-state index in [9.17, 15) is 22.8 Å². The molecular weight excluding hydrogens is 439 g/mol. The fourth-order valence-electron chi connectivity index (χ4n) is 3.70. The molecule has 1 N–H and O–H groups in total. The van der Waals surface area contributed by atoms with Crippen molar-refractivity contribution in [1.29, 1.82) is 0 Å². The third-order valence-corrected chi connectivity index (χ3v) is 5.43. The van der Waals surface area contributed by atoms with E-state index in [2.05, 4.69) is 4.90 Å². The zero-order valence-corrected chi connectivity index (χ0v) is 19.9. The molecule has 2 atom stereocenters. The number of piperazine rings is 1. The maximum atomic E-state index is 12.5. The number of carbonyl (C=O) groups excluding carboxylic acids is 2. The molecule has 2 amide bonds. The topological polar surface area (TPSA) is 71.1 Å². The molecule has 1 fully saturated rings. The van der Waals surface area contributed by atoms with Crippen LogP contribution in [0.1, 0.15) is 57.3 Å². The number of benzene rings is 1. The Balaban J connectivity index is 2.05. The third-order valence-electron chi connectivity index (χ3n) is 5.43. The zero-order chi connectivity index (χ0) is 24.8. The van der Waals surface area contributed by atoms with Crippen LogP contribution in [0.3, 0.4) is 0 Å². The van der Waals surface area contributed by atoms with Crippen LogP contribution in [0.5, 0.6) is 0 Å². The average Bonchev–Trinajstić information content (AvgIpc) is 2.73. The number of ether oxygens (including phenoxy) is 2. The molecule has 0 radical (unpaired) electrons.